The maximum atomic E-state index is 11.0. The van der Waals surface area contributed by atoms with Crippen molar-refractivity contribution >= 4 is 5.97 Å². The first-order valence-electron chi connectivity index (χ1n) is 5.31. The van der Waals surface area contributed by atoms with Crippen LogP contribution in [0.5, 0.6) is 17.2 Å². The average molecular weight is 222 g/mol. The molecule has 4 nitrogen and oxygen atoms in total. The molecule has 0 N–H and O–H groups in total. The number of rotatable bonds is 3. The molecule has 16 heavy (non-hydrogen) atoms. The number of fused-ring (bicyclic) bond motifs is 1. The van der Waals surface area contributed by atoms with Gasteiger partial charge in [-0.2, -0.15) is 0 Å². The number of carbonyl (C=O) groups excluding carboxylic acids is 1. The number of hydrogen-bond donors (Lipinski definition) is 0. The highest BCUT2D eigenvalue weighted by Crippen LogP contribution is 2.38. The van der Waals surface area contributed by atoms with E-state index in [0.717, 1.165) is 24.2 Å². The van der Waals surface area contributed by atoms with Crippen molar-refractivity contribution in [2.75, 3.05) is 6.79 Å². The lowest BCUT2D eigenvalue weighted by molar-refractivity contribution is -0.131. The van der Waals surface area contributed by atoms with Gasteiger partial charge in [0.05, 0.1) is 0 Å². The molecular formula is C12H14O4. The van der Waals surface area contributed by atoms with Gasteiger partial charge in [0.1, 0.15) is 5.75 Å². The topological polar surface area (TPSA) is 44.8 Å². The molecule has 0 aromatic heterocycles. The largest absolute Gasteiger partial charge is 0.454 e. The lowest BCUT2D eigenvalue weighted by Crippen LogP contribution is -2.04. The Morgan fingerprint density at radius 1 is 1.38 bits per heavy atom. The highest BCUT2D eigenvalue weighted by Gasteiger charge is 2.18. The van der Waals surface area contributed by atoms with Crippen LogP contribution in [-0.4, -0.2) is 12.8 Å². The number of ether oxygens (including phenoxy) is 3. The molecule has 0 saturated heterocycles. The van der Waals surface area contributed by atoms with Crippen molar-refractivity contribution < 1.29 is 19.0 Å². The van der Waals surface area contributed by atoms with Gasteiger partial charge >= 0.3 is 5.97 Å². The van der Waals surface area contributed by atoms with Crippen LogP contribution in [0.3, 0.4) is 0 Å². The molecule has 1 aromatic carbocycles. The minimum Gasteiger partial charge on any atom is -0.454 e. The summed E-state index contributed by atoms with van der Waals surface area (Å²) in [7, 11) is 0. The number of carbonyl (C=O) groups is 1. The lowest BCUT2D eigenvalue weighted by atomic mass is 10.1. The molecule has 0 fully saturated rings. The first kappa shape index (κ1) is 10.8. The number of aryl methyl sites for hydroxylation is 1. The van der Waals surface area contributed by atoms with Gasteiger partial charge in [-0.05, 0) is 18.1 Å². The molecule has 0 spiro atoms. The Kier molecular flexibility index (Phi) is 2.99. The van der Waals surface area contributed by atoms with Gasteiger partial charge in [0.2, 0.25) is 6.79 Å². The van der Waals surface area contributed by atoms with Crippen LogP contribution < -0.4 is 14.2 Å². The van der Waals surface area contributed by atoms with Gasteiger partial charge < -0.3 is 14.2 Å². The van der Waals surface area contributed by atoms with Crippen molar-refractivity contribution in [3.05, 3.63) is 17.7 Å². The molecule has 0 atom stereocenters. The highest BCUT2D eigenvalue weighted by atomic mass is 16.7. The van der Waals surface area contributed by atoms with Gasteiger partial charge in [-0.1, -0.05) is 13.3 Å². The van der Waals surface area contributed by atoms with Crippen LogP contribution in [0.4, 0.5) is 0 Å². The Hall–Kier alpha value is -1.71. The molecule has 86 valence electrons. The zero-order valence-corrected chi connectivity index (χ0v) is 9.41. The molecule has 2 rings (SSSR count). The van der Waals surface area contributed by atoms with E-state index in [-0.39, 0.29) is 12.8 Å². The molecule has 0 unspecified atom stereocenters. The van der Waals surface area contributed by atoms with Crippen molar-refractivity contribution in [3.8, 4) is 17.2 Å². The number of benzene rings is 1. The first-order chi connectivity index (χ1) is 7.70. The maximum absolute atomic E-state index is 11.0. The van der Waals surface area contributed by atoms with Gasteiger partial charge in [-0.3, -0.25) is 4.79 Å². The molecule has 0 bridgehead atoms. The fraction of sp³-hybridized carbons (Fsp3) is 0.417. The molecule has 1 aliphatic heterocycles. The standard InChI is InChI=1S/C12H14O4/c1-3-4-9-5-11-12(15-7-14-11)6-10(9)16-8(2)13/h5-6H,3-4,7H2,1-2H3. The van der Waals surface area contributed by atoms with E-state index in [1.807, 2.05) is 6.07 Å². The molecule has 4 heteroatoms. The van der Waals surface area contributed by atoms with Gasteiger partial charge in [0.15, 0.2) is 11.5 Å². The minimum absolute atomic E-state index is 0.227. The van der Waals surface area contributed by atoms with E-state index in [2.05, 4.69) is 6.92 Å². The van der Waals surface area contributed by atoms with E-state index in [4.69, 9.17) is 14.2 Å². The lowest BCUT2D eigenvalue weighted by Gasteiger charge is -2.09. The smallest absolute Gasteiger partial charge is 0.308 e. The first-order valence-corrected chi connectivity index (χ1v) is 5.31. The molecule has 1 aromatic rings. The van der Waals surface area contributed by atoms with E-state index < -0.39 is 0 Å². The average Bonchev–Trinajstić information content (AvgIpc) is 2.64. The molecular weight excluding hydrogens is 208 g/mol. The van der Waals surface area contributed by atoms with Crippen molar-refractivity contribution in [1.82, 2.24) is 0 Å². The van der Waals surface area contributed by atoms with Crippen LogP contribution in [0.25, 0.3) is 0 Å². The number of hydrogen-bond acceptors (Lipinski definition) is 4. The fourth-order valence-electron chi connectivity index (χ4n) is 1.68. The third-order valence-corrected chi connectivity index (χ3v) is 2.33. The third kappa shape index (κ3) is 2.10. The van der Waals surface area contributed by atoms with Crippen LogP contribution in [0.2, 0.25) is 0 Å². The molecule has 1 aliphatic rings. The summed E-state index contributed by atoms with van der Waals surface area (Å²) >= 11 is 0. The third-order valence-electron chi connectivity index (χ3n) is 2.33. The summed E-state index contributed by atoms with van der Waals surface area (Å²) in [5.74, 6) is 1.60. The maximum Gasteiger partial charge on any atom is 0.308 e. The SMILES string of the molecule is CCCc1cc2c(cc1OC(C)=O)OCO2. The van der Waals surface area contributed by atoms with Crippen molar-refractivity contribution in [2.24, 2.45) is 0 Å². The van der Waals surface area contributed by atoms with Crippen molar-refractivity contribution in [3.63, 3.8) is 0 Å². The zero-order chi connectivity index (χ0) is 11.5. The minimum atomic E-state index is -0.323. The molecule has 1 heterocycles. The molecule has 0 saturated carbocycles. The van der Waals surface area contributed by atoms with E-state index in [1.54, 1.807) is 6.07 Å². The summed E-state index contributed by atoms with van der Waals surface area (Å²) in [6, 6.07) is 3.60. The van der Waals surface area contributed by atoms with E-state index >= 15 is 0 Å². The Morgan fingerprint density at radius 2 is 2.06 bits per heavy atom. The second-order valence-corrected chi connectivity index (χ2v) is 3.66. The summed E-state index contributed by atoms with van der Waals surface area (Å²) in [6.45, 7) is 3.69. The quantitative estimate of drug-likeness (QED) is 0.581. The van der Waals surface area contributed by atoms with Crippen LogP contribution in [-0.2, 0) is 11.2 Å². The molecule has 0 aliphatic carbocycles. The second kappa shape index (κ2) is 4.43. The van der Waals surface area contributed by atoms with E-state index in [1.165, 1.54) is 6.92 Å². The Balaban J connectivity index is 2.36. The molecule has 0 radical (unpaired) electrons. The van der Waals surface area contributed by atoms with Crippen LogP contribution in [0.1, 0.15) is 25.8 Å². The monoisotopic (exact) mass is 222 g/mol. The molecule has 0 amide bonds. The second-order valence-electron chi connectivity index (χ2n) is 3.66. The summed E-state index contributed by atoms with van der Waals surface area (Å²) in [5, 5.41) is 0. The normalized spacial score (nSPS) is 12.6. The highest BCUT2D eigenvalue weighted by molar-refractivity contribution is 5.70. The fourth-order valence-corrected chi connectivity index (χ4v) is 1.68. The summed E-state index contributed by atoms with van der Waals surface area (Å²) < 4.78 is 15.7. The summed E-state index contributed by atoms with van der Waals surface area (Å²) in [6.07, 6.45) is 1.83. The van der Waals surface area contributed by atoms with Crippen molar-refractivity contribution in [2.45, 2.75) is 26.7 Å². The van der Waals surface area contributed by atoms with Crippen LogP contribution >= 0.6 is 0 Å². The van der Waals surface area contributed by atoms with Crippen LogP contribution in [0.15, 0.2) is 12.1 Å². The van der Waals surface area contributed by atoms with Gasteiger partial charge in [0.25, 0.3) is 0 Å². The van der Waals surface area contributed by atoms with Gasteiger partial charge in [0, 0.05) is 13.0 Å². The summed E-state index contributed by atoms with van der Waals surface area (Å²) in [4.78, 5) is 11.0. The van der Waals surface area contributed by atoms with Gasteiger partial charge in [-0.25, -0.2) is 0 Å². The van der Waals surface area contributed by atoms with E-state index in [0.29, 0.717) is 11.5 Å². The predicted molar refractivity (Wildman–Crippen MR) is 57.9 cm³/mol. The van der Waals surface area contributed by atoms with Gasteiger partial charge in [-0.15, -0.1) is 0 Å². The Morgan fingerprint density at radius 3 is 2.69 bits per heavy atom. The van der Waals surface area contributed by atoms with Crippen molar-refractivity contribution in [1.29, 1.82) is 0 Å². The Bertz CT molecular complexity index is 412. The predicted octanol–water partition coefficient (Wildman–Crippen LogP) is 2.29. The summed E-state index contributed by atoms with van der Waals surface area (Å²) in [5.41, 5.74) is 0.974. The van der Waals surface area contributed by atoms with Crippen LogP contribution in [0, 0.1) is 0 Å². The van der Waals surface area contributed by atoms with E-state index in [9.17, 15) is 4.79 Å². The Labute approximate surface area is 94.1 Å². The zero-order valence-electron chi connectivity index (χ0n) is 9.41. The number of esters is 1.